The smallest absolute Gasteiger partial charge is 0.303 e. The summed E-state index contributed by atoms with van der Waals surface area (Å²) in [5.74, 6) is 5.88. The van der Waals surface area contributed by atoms with Crippen LogP contribution in [0.4, 0.5) is 0 Å². The molecule has 0 saturated heterocycles. The highest BCUT2D eigenvalue weighted by molar-refractivity contribution is 5.91. The number of ketones is 1. The fourth-order valence-electron chi connectivity index (χ4n) is 4.23. The zero-order valence-corrected chi connectivity index (χ0v) is 15.8. The number of rotatable bonds is 8. The van der Waals surface area contributed by atoms with E-state index in [1.165, 1.54) is 5.57 Å². The molecule has 0 aromatic carbocycles. The molecule has 0 aromatic heterocycles. The van der Waals surface area contributed by atoms with E-state index in [1.54, 1.807) is 13.0 Å². The molecule has 2 fully saturated rings. The lowest BCUT2D eigenvalue weighted by Crippen LogP contribution is -2.17. The van der Waals surface area contributed by atoms with Crippen molar-refractivity contribution in [3.8, 4) is 11.8 Å². The summed E-state index contributed by atoms with van der Waals surface area (Å²) in [6.07, 6.45) is 10.4. The molecule has 4 nitrogen and oxygen atoms in total. The number of hydrogen-bond acceptors (Lipinski definition) is 3. The Morgan fingerprint density at radius 3 is 2.81 bits per heavy atom. The van der Waals surface area contributed by atoms with E-state index in [0.717, 1.165) is 25.7 Å². The van der Waals surface area contributed by atoms with Crippen molar-refractivity contribution in [2.24, 2.45) is 23.7 Å². The van der Waals surface area contributed by atoms with E-state index in [9.17, 15) is 14.7 Å². The van der Waals surface area contributed by atoms with Gasteiger partial charge in [0.05, 0.1) is 6.10 Å². The highest BCUT2D eigenvalue weighted by Gasteiger charge is 2.44. The van der Waals surface area contributed by atoms with Crippen LogP contribution in [0.2, 0.25) is 0 Å². The third kappa shape index (κ3) is 5.57. The maximum absolute atomic E-state index is 12.2. The lowest BCUT2D eigenvalue weighted by atomic mass is 9.89. The molecular weight excluding hydrogens is 328 g/mol. The predicted octanol–water partition coefficient (Wildman–Crippen LogP) is 3.75. The van der Waals surface area contributed by atoms with E-state index in [-0.39, 0.29) is 30.1 Å². The number of carbonyl (C=O) groups is 2. The van der Waals surface area contributed by atoms with Crippen LogP contribution in [0, 0.1) is 35.5 Å². The Labute approximate surface area is 156 Å². The Hall–Kier alpha value is -1.86. The third-order valence-electron chi connectivity index (χ3n) is 5.69. The van der Waals surface area contributed by atoms with Crippen LogP contribution in [0.1, 0.15) is 58.8 Å². The summed E-state index contributed by atoms with van der Waals surface area (Å²) in [5.41, 5.74) is 1.38. The summed E-state index contributed by atoms with van der Waals surface area (Å²) < 4.78 is 0. The maximum Gasteiger partial charge on any atom is 0.303 e. The Morgan fingerprint density at radius 2 is 2.12 bits per heavy atom. The number of aliphatic hydroxyl groups is 1. The quantitative estimate of drug-likeness (QED) is 0.300. The lowest BCUT2D eigenvalue weighted by Gasteiger charge is -2.17. The van der Waals surface area contributed by atoms with Crippen LogP contribution >= 0.6 is 0 Å². The van der Waals surface area contributed by atoms with E-state index in [1.807, 2.05) is 13.0 Å². The molecule has 0 bridgehead atoms. The number of aliphatic hydroxyl groups excluding tert-OH is 1. The molecule has 0 aliphatic heterocycles. The van der Waals surface area contributed by atoms with Crippen molar-refractivity contribution in [1.82, 2.24) is 0 Å². The monoisotopic (exact) mass is 358 g/mol. The molecule has 2 aliphatic carbocycles. The number of unbranched alkanes of at least 4 members (excludes halogenated alkanes) is 1. The molecule has 2 saturated carbocycles. The summed E-state index contributed by atoms with van der Waals surface area (Å²) in [6.45, 7) is 3.66. The first-order valence-corrected chi connectivity index (χ1v) is 9.61. The number of carboxylic acid groups (broad SMARTS) is 1. The van der Waals surface area contributed by atoms with Crippen LogP contribution in [0.3, 0.4) is 0 Å². The van der Waals surface area contributed by atoms with Crippen molar-refractivity contribution in [2.75, 3.05) is 0 Å². The largest absolute Gasteiger partial charge is 0.481 e. The predicted molar refractivity (Wildman–Crippen MR) is 101 cm³/mol. The maximum atomic E-state index is 12.2. The van der Waals surface area contributed by atoms with Gasteiger partial charge in [0, 0.05) is 24.7 Å². The number of hydrogen-bond donors (Lipinski definition) is 2. The molecule has 0 heterocycles. The van der Waals surface area contributed by atoms with Gasteiger partial charge in [-0.3, -0.25) is 9.59 Å². The number of carboxylic acids is 1. The second kappa shape index (κ2) is 9.73. The van der Waals surface area contributed by atoms with Gasteiger partial charge in [0.2, 0.25) is 0 Å². The van der Waals surface area contributed by atoms with Gasteiger partial charge in [0.15, 0.2) is 5.78 Å². The van der Waals surface area contributed by atoms with Crippen LogP contribution in [-0.4, -0.2) is 28.1 Å². The molecule has 0 spiro atoms. The van der Waals surface area contributed by atoms with Crippen molar-refractivity contribution in [2.45, 2.75) is 64.9 Å². The molecule has 4 heteroatoms. The van der Waals surface area contributed by atoms with Gasteiger partial charge in [-0.05, 0) is 56.9 Å². The van der Waals surface area contributed by atoms with Gasteiger partial charge in [0.25, 0.3) is 0 Å². The van der Waals surface area contributed by atoms with Crippen molar-refractivity contribution < 1.29 is 19.8 Å². The normalized spacial score (nSPS) is 30.2. The molecule has 0 aromatic rings. The zero-order chi connectivity index (χ0) is 19.1. The van der Waals surface area contributed by atoms with Crippen molar-refractivity contribution in [3.05, 3.63) is 23.8 Å². The lowest BCUT2D eigenvalue weighted by molar-refractivity contribution is -0.137. The number of carbonyl (C=O) groups excluding carboxylic acids is 1. The van der Waals surface area contributed by atoms with Crippen molar-refractivity contribution in [3.63, 3.8) is 0 Å². The highest BCUT2D eigenvalue weighted by atomic mass is 16.4. The molecular formula is C22H30O4. The number of allylic oxidation sites excluding steroid dienone is 3. The van der Waals surface area contributed by atoms with Crippen LogP contribution in [-0.2, 0) is 9.59 Å². The van der Waals surface area contributed by atoms with Gasteiger partial charge in [-0.15, -0.1) is 11.8 Å². The summed E-state index contributed by atoms with van der Waals surface area (Å²) >= 11 is 0. The van der Waals surface area contributed by atoms with Gasteiger partial charge in [-0.1, -0.05) is 24.6 Å². The Morgan fingerprint density at radius 1 is 1.35 bits per heavy atom. The summed E-state index contributed by atoms with van der Waals surface area (Å²) in [5, 5.41) is 19.1. The fourth-order valence-corrected chi connectivity index (χ4v) is 4.23. The minimum absolute atomic E-state index is 0.0401. The van der Waals surface area contributed by atoms with Crippen molar-refractivity contribution in [1.29, 1.82) is 0 Å². The van der Waals surface area contributed by atoms with Crippen LogP contribution in [0.15, 0.2) is 23.8 Å². The first-order valence-electron chi connectivity index (χ1n) is 9.61. The SMILES string of the molecule is CC#CC[C@H](C)C(=O)/C=C/[C@@H]1[C@H]2C/C(=C/CCCC(=O)O)C[C@H]2C[C@H]1O. The van der Waals surface area contributed by atoms with E-state index in [0.29, 0.717) is 24.7 Å². The number of fused-ring (bicyclic) bond motifs is 1. The Kier molecular flexibility index (Phi) is 7.66. The van der Waals surface area contributed by atoms with Crippen LogP contribution < -0.4 is 0 Å². The van der Waals surface area contributed by atoms with Gasteiger partial charge in [0.1, 0.15) is 0 Å². The molecule has 142 valence electrons. The second-order valence-electron chi connectivity index (χ2n) is 7.65. The summed E-state index contributed by atoms with van der Waals surface area (Å²) in [6, 6.07) is 0. The summed E-state index contributed by atoms with van der Waals surface area (Å²) in [4.78, 5) is 22.8. The molecule has 2 N–H and O–H groups in total. The topological polar surface area (TPSA) is 74.6 Å². The standard InChI is InChI=1S/C22H30O4/c1-3-4-7-15(2)20(23)11-10-18-19-13-16(8-5-6-9-22(25)26)12-17(19)14-21(18)24/h8,10-11,15,17-19,21,24H,5-7,9,12-14H2,1-2H3,(H,25,26)/b11-10+,16-8+/t15-,17-,18+,19-,21+/m0/s1. The van der Waals surface area contributed by atoms with Gasteiger partial charge < -0.3 is 10.2 Å². The third-order valence-corrected chi connectivity index (χ3v) is 5.69. The van der Waals surface area contributed by atoms with Gasteiger partial charge in [-0.2, -0.15) is 0 Å². The van der Waals surface area contributed by atoms with Crippen molar-refractivity contribution >= 4 is 11.8 Å². The summed E-state index contributed by atoms with van der Waals surface area (Å²) in [7, 11) is 0. The van der Waals surface area contributed by atoms with Gasteiger partial charge in [-0.25, -0.2) is 0 Å². The molecule has 0 radical (unpaired) electrons. The van der Waals surface area contributed by atoms with E-state index in [4.69, 9.17) is 5.11 Å². The van der Waals surface area contributed by atoms with Crippen LogP contribution in [0.5, 0.6) is 0 Å². The van der Waals surface area contributed by atoms with E-state index in [2.05, 4.69) is 17.9 Å². The molecule has 0 amide bonds. The van der Waals surface area contributed by atoms with E-state index < -0.39 is 5.97 Å². The van der Waals surface area contributed by atoms with Gasteiger partial charge >= 0.3 is 5.97 Å². The van der Waals surface area contributed by atoms with Crippen LogP contribution in [0.25, 0.3) is 0 Å². The first kappa shape index (κ1) is 20.5. The minimum atomic E-state index is -0.746. The fraction of sp³-hybridized carbons (Fsp3) is 0.636. The van der Waals surface area contributed by atoms with E-state index >= 15 is 0 Å². The molecule has 26 heavy (non-hydrogen) atoms. The molecule has 2 aliphatic rings. The molecule has 2 rings (SSSR count). The highest BCUT2D eigenvalue weighted by Crippen LogP contribution is 2.50. The minimum Gasteiger partial charge on any atom is -0.481 e. The first-order chi connectivity index (χ1) is 12.4. The Balaban J connectivity index is 1.91. The Bertz CT molecular complexity index is 634. The zero-order valence-electron chi connectivity index (χ0n) is 15.8. The molecule has 5 atom stereocenters. The second-order valence-corrected chi connectivity index (χ2v) is 7.65. The number of aliphatic carboxylic acids is 1. The molecule has 0 unspecified atom stereocenters. The average Bonchev–Trinajstić information content (AvgIpc) is 3.10. The average molecular weight is 358 g/mol.